The SMILES string of the molecule is Cc1oc(C2=CC=C(Cl)C=CC2)cc1CC/C1=C(N(C=O)Cc2ccccc2-c2cccnc2)/C=C\C(N2CCCNCC2)=CCC1. The molecule has 3 heterocycles. The number of nitrogens with zero attached hydrogens (tertiary/aromatic N) is 3. The summed E-state index contributed by atoms with van der Waals surface area (Å²) in [5.74, 6) is 1.82. The van der Waals surface area contributed by atoms with Crippen LogP contribution in [0.25, 0.3) is 16.7 Å². The number of amides is 1. The van der Waals surface area contributed by atoms with Crippen molar-refractivity contribution >= 4 is 23.6 Å². The van der Waals surface area contributed by atoms with Gasteiger partial charge in [-0.05, 0) is 116 Å². The van der Waals surface area contributed by atoms with E-state index in [2.05, 4.69) is 63.8 Å². The third-order valence-corrected chi connectivity index (χ3v) is 9.39. The molecule has 2 aliphatic carbocycles. The number of rotatable bonds is 10. The van der Waals surface area contributed by atoms with Crippen LogP contribution in [0.3, 0.4) is 0 Å². The number of aromatic nitrogens is 1. The Labute approximate surface area is 283 Å². The molecule has 0 bridgehead atoms. The summed E-state index contributed by atoms with van der Waals surface area (Å²) in [6.45, 7) is 6.55. The Morgan fingerprint density at radius 3 is 2.83 bits per heavy atom. The summed E-state index contributed by atoms with van der Waals surface area (Å²) < 4.78 is 6.25. The monoisotopic (exact) mass is 646 g/mol. The Bertz CT molecular complexity index is 1740. The number of carbonyl (C=O) groups excluding carboxylic acids is 1. The molecule has 2 aromatic heterocycles. The largest absolute Gasteiger partial charge is 0.461 e. The van der Waals surface area contributed by atoms with Gasteiger partial charge in [-0.1, -0.05) is 60.2 Å². The van der Waals surface area contributed by atoms with Gasteiger partial charge in [0, 0.05) is 54.0 Å². The van der Waals surface area contributed by atoms with E-state index in [-0.39, 0.29) is 0 Å². The van der Waals surface area contributed by atoms with Crippen molar-refractivity contribution in [2.75, 3.05) is 26.2 Å². The van der Waals surface area contributed by atoms with Crippen molar-refractivity contribution in [2.24, 2.45) is 0 Å². The highest BCUT2D eigenvalue weighted by atomic mass is 35.5. The van der Waals surface area contributed by atoms with E-state index in [1.54, 1.807) is 6.20 Å². The third kappa shape index (κ3) is 8.31. The number of benzene rings is 1. The number of aryl methyl sites for hydroxylation is 2. The first kappa shape index (κ1) is 32.5. The lowest BCUT2D eigenvalue weighted by atomic mass is 9.95. The summed E-state index contributed by atoms with van der Waals surface area (Å²) in [4.78, 5) is 21.7. The molecule has 0 unspecified atom stereocenters. The van der Waals surface area contributed by atoms with E-state index in [1.165, 1.54) is 16.8 Å². The third-order valence-electron chi connectivity index (χ3n) is 9.14. The lowest BCUT2D eigenvalue weighted by Gasteiger charge is -2.28. The Hall–Kier alpha value is -4.39. The Kier molecular flexibility index (Phi) is 11.0. The molecule has 0 saturated carbocycles. The summed E-state index contributed by atoms with van der Waals surface area (Å²) in [6, 6.07) is 14.5. The zero-order valence-electron chi connectivity index (χ0n) is 27.1. The van der Waals surface area contributed by atoms with Crippen LogP contribution in [0.2, 0.25) is 0 Å². The first-order valence-electron chi connectivity index (χ1n) is 16.7. The van der Waals surface area contributed by atoms with Gasteiger partial charge in [0.05, 0.1) is 6.54 Å². The molecule has 1 N–H and O–H groups in total. The van der Waals surface area contributed by atoms with E-state index < -0.39 is 0 Å². The minimum Gasteiger partial charge on any atom is -0.461 e. The van der Waals surface area contributed by atoms with Gasteiger partial charge in [-0.25, -0.2) is 0 Å². The lowest BCUT2D eigenvalue weighted by molar-refractivity contribution is -0.116. The fourth-order valence-electron chi connectivity index (χ4n) is 6.58. The van der Waals surface area contributed by atoms with Crippen molar-refractivity contribution in [2.45, 2.75) is 52.0 Å². The Morgan fingerprint density at radius 1 is 1.04 bits per heavy atom. The fraction of sp³-hybridized carbons (Fsp3) is 0.300. The standard InChI is InChI=1S/C40H43ClN4O2/c1-30-33(26-40(47-30)32-10-4-12-36(41)18-17-32)16-15-31-9-5-13-37(44-24-7-22-42-23-25-44)19-20-39(31)45(29-46)28-35-8-2-3-14-38(35)34-11-6-21-43-27-34/h2-4,6,8,11-14,17-21,26-27,29,42H,5,7,9-10,15-16,22-25,28H2,1H3/b20-19-,37-13?,39-31-. The van der Waals surface area contributed by atoms with Crippen LogP contribution in [-0.2, 0) is 17.8 Å². The maximum Gasteiger partial charge on any atom is 0.214 e. The predicted octanol–water partition coefficient (Wildman–Crippen LogP) is 8.49. The van der Waals surface area contributed by atoms with E-state index in [4.69, 9.17) is 16.0 Å². The molecule has 3 aliphatic rings. The predicted molar refractivity (Wildman–Crippen MR) is 191 cm³/mol. The topological polar surface area (TPSA) is 61.6 Å². The van der Waals surface area contributed by atoms with Crippen molar-refractivity contribution in [3.63, 3.8) is 0 Å². The quantitative estimate of drug-likeness (QED) is 0.224. The van der Waals surface area contributed by atoms with E-state index in [9.17, 15) is 4.79 Å². The molecule has 6 rings (SSSR count). The van der Waals surface area contributed by atoms with Crippen molar-refractivity contribution in [1.29, 1.82) is 0 Å². The number of halogens is 1. The van der Waals surface area contributed by atoms with Crippen molar-refractivity contribution in [1.82, 2.24) is 20.1 Å². The number of hydrogen-bond donors (Lipinski definition) is 1. The molecule has 1 aliphatic heterocycles. The van der Waals surface area contributed by atoms with Gasteiger partial charge in [-0.15, -0.1) is 0 Å². The molecule has 1 amide bonds. The molecule has 1 saturated heterocycles. The van der Waals surface area contributed by atoms with Gasteiger partial charge in [0.1, 0.15) is 11.5 Å². The van der Waals surface area contributed by atoms with Gasteiger partial charge in [-0.3, -0.25) is 9.78 Å². The first-order valence-corrected chi connectivity index (χ1v) is 17.1. The van der Waals surface area contributed by atoms with Crippen molar-refractivity contribution < 1.29 is 9.21 Å². The molecule has 1 aromatic carbocycles. The second-order valence-corrected chi connectivity index (χ2v) is 12.7. The van der Waals surface area contributed by atoms with E-state index in [1.807, 2.05) is 54.4 Å². The summed E-state index contributed by atoms with van der Waals surface area (Å²) >= 11 is 6.22. The van der Waals surface area contributed by atoms with E-state index in [0.717, 1.165) is 111 Å². The van der Waals surface area contributed by atoms with Crippen LogP contribution >= 0.6 is 11.6 Å². The first-order chi connectivity index (χ1) is 23.1. The zero-order chi connectivity index (χ0) is 32.4. The van der Waals surface area contributed by atoms with Crippen molar-refractivity contribution in [3.05, 3.63) is 142 Å². The minimum absolute atomic E-state index is 0.469. The molecular formula is C40H43ClN4O2. The van der Waals surface area contributed by atoms with Crippen LogP contribution in [0.1, 0.15) is 54.8 Å². The van der Waals surface area contributed by atoms with Crippen LogP contribution < -0.4 is 5.32 Å². The smallest absolute Gasteiger partial charge is 0.214 e. The average molecular weight is 647 g/mol. The van der Waals surface area contributed by atoms with Gasteiger partial charge < -0.3 is 19.5 Å². The van der Waals surface area contributed by atoms with Gasteiger partial charge in [0.25, 0.3) is 0 Å². The number of allylic oxidation sites excluding steroid dienone is 10. The highest BCUT2D eigenvalue weighted by molar-refractivity contribution is 6.31. The molecule has 1 fully saturated rings. The summed E-state index contributed by atoms with van der Waals surface area (Å²) in [7, 11) is 0. The minimum atomic E-state index is 0.469. The molecule has 7 heteroatoms. The molecule has 242 valence electrons. The normalized spacial score (nSPS) is 19.4. The van der Waals surface area contributed by atoms with Crippen molar-refractivity contribution in [3.8, 4) is 11.1 Å². The van der Waals surface area contributed by atoms with Crippen LogP contribution in [0, 0.1) is 6.92 Å². The van der Waals surface area contributed by atoms with Crippen LogP contribution in [0.5, 0.6) is 0 Å². The zero-order valence-corrected chi connectivity index (χ0v) is 27.9. The number of pyridine rings is 1. The molecule has 0 radical (unpaired) electrons. The number of furan rings is 1. The maximum absolute atomic E-state index is 13.0. The fourth-order valence-corrected chi connectivity index (χ4v) is 6.74. The molecule has 0 spiro atoms. The highest BCUT2D eigenvalue weighted by Gasteiger charge is 2.20. The molecule has 3 aromatic rings. The maximum atomic E-state index is 13.0. The van der Waals surface area contributed by atoms with Gasteiger partial charge in [0.15, 0.2) is 0 Å². The van der Waals surface area contributed by atoms with Crippen LogP contribution in [0.4, 0.5) is 0 Å². The Balaban J connectivity index is 1.31. The van der Waals surface area contributed by atoms with Gasteiger partial charge in [-0.2, -0.15) is 0 Å². The lowest BCUT2D eigenvalue weighted by Crippen LogP contribution is -2.27. The summed E-state index contributed by atoms with van der Waals surface area (Å²) in [5.41, 5.74) is 9.00. The van der Waals surface area contributed by atoms with E-state index >= 15 is 0 Å². The molecular weight excluding hydrogens is 604 g/mol. The second-order valence-electron chi connectivity index (χ2n) is 12.3. The number of carbonyl (C=O) groups is 1. The second kappa shape index (κ2) is 15.9. The average Bonchev–Trinajstić information content (AvgIpc) is 3.25. The number of hydrogen-bond acceptors (Lipinski definition) is 5. The Morgan fingerprint density at radius 2 is 1.96 bits per heavy atom. The highest BCUT2D eigenvalue weighted by Crippen LogP contribution is 2.32. The van der Waals surface area contributed by atoms with Crippen LogP contribution in [0.15, 0.2) is 124 Å². The van der Waals surface area contributed by atoms with E-state index in [0.29, 0.717) is 11.6 Å². The van der Waals surface area contributed by atoms with Crippen LogP contribution in [-0.4, -0.2) is 47.4 Å². The summed E-state index contributed by atoms with van der Waals surface area (Å²) in [5, 5.41) is 4.23. The molecule has 6 nitrogen and oxygen atoms in total. The number of nitrogens with one attached hydrogen (secondary N) is 1. The molecule has 47 heavy (non-hydrogen) atoms. The summed E-state index contributed by atoms with van der Waals surface area (Å²) in [6.07, 6.45) is 24.7. The van der Waals surface area contributed by atoms with Gasteiger partial charge in [0.2, 0.25) is 6.41 Å². The molecule has 0 atom stereocenters. The van der Waals surface area contributed by atoms with Gasteiger partial charge >= 0.3 is 0 Å².